The van der Waals surface area contributed by atoms with E-state index < -0.39 is 0 Å². The van der Waals surface area contributed by atoms with Gasteiger partial charge in [0.2, 0.25) is 11.0 Å². The molecule has 0 aliphatic carbocycles. The molecule has 0 aliphatic rings. The van der Waals surface area contributed by atoms with Gasteiger partial charge in [-0.25, -0.2) is 4.98 Å². The van der Waals surface area contributed by atoms with Crippen LogP contribution < -0.4 is 5.32 Å². The molecule has 1 N–H and O–H groups in total. The van der Waals surface area contributed by atoms with E-state index in [0.717, 1.165) is 22.1 Å². The van der Waals surface area contributed by atoms with Crippen molar-refractivity contribution in [2.45, 2.75) is 33.6 Å². The molecular weight excluding hydrogens is 280 g/mol. The maximum Gasteiger partial charge on any atom is 0.232 e. The Hall–Kier alpha value is -1.34. The molecule has 7 heteroatoms. The summed E-state index contributed by atoms with van der Waals surface area (Å²) in [6.45, 7) is 6.18. The summed E-state index contributed by atoms with van der Waals surface area (Å²) in [6, 6.07) is 0. The lowest BCUT2D eigenvalue weighted by molar-refractivity contribution is -0.115. The number of hydrogen-bond donors (Lipinski definition) is 1. The van der Waals surface area contributed by atoms with Crippen molar-refractivity contribution in [1.29, 1.82) is 0 Å². The molecule has 2 rings (SSSR count). The number of rotatable bonds is 5. The molecule has 0 aliphatic heterocycles. The quantitative estimate of drug-likeness (QED) is 0.921. The lowest BCUT2D eigenvalue weighted by atomic mass is 10.1. The lowest BCUT2D eigenvalue weighted by Gasteiger charge is -1.98. The van der Waals surface area contributed by atoms with Crippen molar-refractivity contribution < 1.29 is 4.79 Å². The molecule has 0 fully saturated rings. The SMILES string of the molecule is Cc1nc(CC(=O)Nc2nnc(CC(C)C)s2)cs1. The van der Waals surface area contributed by atoms with E-state index in [1.807, 2.05) is 12.3 Å². The number of nitrogens with one attached hydrogen (secondary N) is 1. The first-order chi connectivity index (χ1) is 9.02. The number of anilines is 1. The standard InChI is InChI=1S/C12H16N4OS2/c1-7(2)4-11-15-16-12(19-11)14-10(17)5-9-6-18-8(3)13-9/h6-7H,4-5H2,1-3H3,(H,14,16,17). The van der Waals surface area contributed by atoms with Crippen LogP contribution in [-0.2, 0) is 17.6 Å². The molecule has 19 heavy (non-hydrogen) atoms. The first-order valence-corrected chi connectivity index (χ1v) is 7.76. The summed E-state index contributed by atoms with van der Waals surface area (Å²) in [7, 11) is 0. The summed E-state index contributed by atoms with van der Waals surface area (Å²) in [4.78, 5) is 16.1. The van der Waals surface area contributed by atoms with Gasteiger partial charge in [0.15, 0.2) is 0 Å². The van der Waals surface area contributed by atoms with Crippen LogP contribution in [0.15, 0.2) is 5.38 Å². The fourth-order valence-electron chi connectivity index (χ4n) is 1.55. The van der Waals surface area contributed by atoms with Crippen molar-refractivity contribution >= 4 is 33.7 Å². The minimum Gasteiger partial charge on any atom is -0.300 e. The van der Waals surface area contributed by atoms with Crippen molar-refractivity contribution in [3.05, 3.63) is 21.1 Å². The van der Waals surface area contributed by atoms with E-state index in [0.29, 0.717) is 11.0 Å². The molecule has 0 aromatic carbocycles. The van der Waals surface area contributed by atoms with Gasteiger partial charge in [-0.3, -0.25) is 4.79 Å². The van der Waals surface area contributed by atoms with E-state index in [2.05, 4.69) is 34.3 Å². The average molecular weight is 296 g/mol. The summed E-state index contributed by atoms with van der Waals surface area (Å²) >= 11 is 2.98. The molecule has 2 heterocycles. The summed E-state index contributed by atoms with van der Waals surface area (Å²) in [6.07, 6.45) is 1.17. The Balaban J connectivity index is 1.90. The van der Waals surface area contributed by atoms with E-state index >= 15 is 0 Å². The summed E-state index contributed by atoms with van der Waals surface area (Å²) in [5, 5.41) is 15.2. The van der Waals surface area contributed by atoms with E-state index in [4.69, 9.17) is 0 Å². The smallest absolute Gasteiger partial charge is 0.232 e. The van der Waals surface area contributed by atoms with Crippen LogP contribution in [0.1, 0.15) is 29.6 Å². The van der Waals surface area contributed by atoms with Crippen LogP contribution in [0.25, 0.3) is 0 Å². The third kappa shape index (κ3) is 4.36. The van der Waals surface area contributed by atoms with Gasteiger partial charge in [0.1, 0.15) is 5.01 Å². The number of hydrogen-bond acceptors (Lipinski definition) is 6. The van der Waals surface area contributed by atoms with Gasteiger partial charge < -0.3 is 5.32 Å². The first-order valence-electron chi connectivity index (χ1n) is 6.06. The molecule has 0 atom stereocenters. The predicted molar refractivity (Wildman–Crippen MR) is 77.6 cm³/mol. The molecule has 0 spiro atoms. The molecule has 5 nitrogen and oxygen atoms in total. The third-order valence-corrected chi connectivity index (χ3v) is 3.99. The zero-order valence-corrected chi connectivity index (χ0v) is 12.8. The molecule has 0 bridgehead atoms. The van der Waals surface area contributed by atoms with E-state index in [9.17, 15) is 4.79 Å². The number of carbonyl (C=O) groups is 1. The molecule has 0 radical (unpaired) electrons. The fraction of sp³-hybridized carbons (Fsp3) is 0.500. The maximum absolute atomic E-state index is 11.8. The zero-order valence-electron chi connectivity index (χ0n) is 11.1. The van der Waals surface area contributed by atoms with Crippen molar-refractivity contribution in [2.24, 2.45) is 5.92 Å². The second kappa shape index (κ2) is 6.21. The average Bonchev–Trinajstić information content (AvgIpc) is 2.88. The normalized spacial score (nSPS) is 10.9. The Labute approximate surface area is 120 Å². The Morgan fingerprint density at radius 1 is 1.42 bits per heavy atom. The minimum atomic E-state index is -0.0995. The van der Waals surface area contributed by atoms with Crippen molar-refractivity contribution in [1.82, 2.24) is 15.2 Å². The van der Waals surface area contributed by atoms with Crippen LogP contribution in [0.3, 0.4) is 0 Å². The highest BCUT2D eigenvalue weighted by atomic mass is 32.1. The van der Waals surface area contributed by atoms with Gasteiger partial charge in [-0.05, 0) is 12.8 Å². The first kappa shape index (κ1) is 14.1. The number of amides is 1. The van der Waals surface area contributed by atoms with Crippen molar-refractivity contribution in [3.63, 3.8) is 0 Å². The third-order valence-electron chi connectivity index (χ3n) is 2.30. The summed E-state index contributed by atoms with van der Waals surface area (Å²) < 4.78 is 0. The van der Waals surface area contributed by atoms with Crippen LogP contribution in [0.2, 0.25) is 0 Å². The van der Waals surface area contributed by atoms with E-state index in [-0.39, 0.29) is 12.3 Å². The second-order valence-corrected chi connectivity index (χ2v) is 6.81. The Morgan fingerprint density at radius 3 is 2.84 bits per heavy atom. The van der Waals surface area contributed by atoms with Gasteiger partial charge >= 0.3 is 0 Å². The van der Waals surface area contributed by atoms with Gasteiger partial charge in [0.25, 0.3) is 0 Å². The Bertz CT molecular complexity index is 562. The molecule has 2 aromatic rings. The maximum atomic E-state index is 11.8. The van der Waals surface area contributed by atoms with Crippen LogP contribution in [0.4, 0.5) is 5.13 Å². The lowest BCUT2D eigenvalue weighted by Crippen LogP contribution is -2.14. The summed E-state index contributed by atoms with van der Waals surface area (Å²) in [5.74, 6) is 0.437. The van der Waals surface area contributed by atoms with Gasteiger partial charge in [-0.15, -0.1) is 21.5 Å². The van der Waals surface area contributed by atoms with Gasteiger partial charge in [0, 0.05) is 11.8 Å². The Kier molecular flexibility index (Phi) is 4.60. The molecule has 0 unspecified atom stereocenters. The highest BCUT2D eigenvalue weighted by Gasteiger charge is 2.11. The number of thiazole rings is 1. The monoisotopic (exact) mass is 296 g/mol. The number of aryl methyl sites for hydroxylation is 1. The van der Waals surface area contributed by atoms with Gasteiger partial charge in [-0.2, -0.15) is 0 Å². The topological polar surface area (TPSA) is 67.8 Å². The molecular formula is C12H16N4OS2. The molecule has 0 saturated heterocycles. The second-order valence-electron chi connectivity index (χ2n) is 4.68. The molecule has 1 amide bonds. The van der Waals surface area contributed by atoms with E-state index in [1.165, 1.54) is 11.3 Å². The van der Waals surface area contributed by atoms with Gasteiger partial charge in [0.05, 0.1) is 17.1 Å². The highest BCUT2D eigenvalue weighted by Crippen LogP contribution is 2.18. The molecule has 2 aromatic heterocycles. The number of carbonyl (C=O) groups excluding carboxylic acids is 1. The summed E-state index contributed by atoms with van der Waals surface area (Å²) in [5.41, 5.74) is 0.798. The fourth-order valence-corrected chi connectivity index (χ4v) is 3.13. The van der Waals surface area contributed by atoms with Crippen LogP contribution in [0, 0.1) is 12.8 Å². The van der Waals surface area contributed by atoms with Crippen LogP contribution in [-0.4, -0.2) is 21.1 Å². The largest absolute Gasteiger partial charge is 0.300 e. The van der Waals surface area contributed by atoms with Crippen LogP contribution in [0.5, 0.6) is 0 Å². The molecule has 102 valence electrons. The van der Waals surface area contributed by atoms with Crippen molar-refractivity contribution in [2.75, 3.05) is 5.32 Å². The minimum absolute atomic E-state index is 0.0995. The van der Waals surface area contributed by atoms with Gasteiger partial charge in [-0.1, -0.05) is 25.2 Å². The van der Waals surface area contributed by atoms with Crippen LogP contribution >= 0.6 is 22.7 Å². The molecule has 0 saturated carbocycles. The number of nitrogens with zero attached hydrogens (tertiary/aromatic N) is 3. The predicted octanol–water partition coefficient (Wildman–Crippen LogP) is 2.68. The highest BCUT2D eigenvalue weighted by molar-refractivity contribution is 7.15. The van der Waals surface area contributed by atoms with E-state index in [1.54, 1.807) is 11.3 Å². The zero-order chi connectivity index (χ0) is 13.8. The number of aromatic nitrogens is 3. The Morgan fingerprint density at radius 2 is 2.21 bits per heavy atom. The van der Waals surface area contributed by atoms with Crippen molar-refractivity contribution in [3.8, 4) is 0 Å².